The molecule has 1 fully saturated rings. The van der Waals surface area contributed by atoms with Crippen LogP contribution >= 0.6 is 0 Å². The van der Waals surface area contributed by atoms with Crippen LogP contribution in [0.2, 0.25) is 0 Å². The van der Waals surface area contributed by atoms with Gasteiger partial charge in [0.2, 0.25) is 6.29 Å². The Morgan fingerprint density at radius 3 is 2.74 bits per heavy atom. The molecule has 0 atom stereocenters. The van der Waals surface area contributed by atoms with Crippen LogP contribution in [-0.2, 0) is 16.0 Å². The predicted molar refractivity (Wildman–Crippen MR) is 87.9 cm³/mol. The molecule has 5 nitrogen and oxygen atoms in total. The fourth-order valence-electron chi connectivity index (χ4n) is 2.93. The van der Waals surface area contributed by atoms with Gasteiger partial charge in [-0.15, -0.1) is 0 Å². The molecule has 0 radical (unpaired) electrons. The van der Waals surface area contributed by atoms with Gasteiger partial charge in [-0.2, -0.15) is 5.10 Å². The highest BCUT2D eigenvalue weighted by Gasteiger charge is 2.19. The van der Waals surface area contributed by atoms with Gasteiger partial charge in [0.25, 0.3) is 0 Å². The molecule has 0 amide bonds. The monoisotopic (exact) mass is 309 g/mol. The molecule has 0 N–H and O–H groups in total. The summed E-state index contributed by atoms with van der Waals surface area (Å²) in [5, 5.41) is 5.85. The normalized spacial score (nSPS) is 16.0. The lowest BCUT2D eigenvalue weighted by Gasteiger charge is -2.22. The molecule has 5 heteroatoms. The average Bonchev–Trinajstić information content (AvgIpc) is 3.01. The molecular weight excluding hydrogens is 290 g/mol. The van der Waals surface area contributed by atoms with Crippen molar-refractivity contribution < 1.29 is 9.47 Å². The van der Waals surface area contributed by atoms with Gasteiger partial charge in [0, 0.05) is 11.9 Å². The Labute approximate surface area is 134 Å². The maximum absolute atomic E-state index is 5.66. The fourth-order valence-corrected chi connectivity index (χ4v) is 2.93. The SMILES string of the molecule is CCn1nc(-c2cccc(C3OCCCO3)n2)c2ccccc21. The Kier molecular flexibility index (Phi) is 3.81. The van der Waals surface area contributed by atoms with Gasteiger partial charge in [-0.1, -0.05) is 24.3 Å². The van der Waals surface area contributed by atoms with Gasteiger partial charge in [0.15, 0.2) is 0 Å². The van der Waals surface area contributed by atoms with Crippen LogP contribution in [0.25, 0.3) is 22.3 Å². The Morgan fingerprint density at radius 2 is 1.91 bits per heavy atom. The first-order valence-corrected chi connectivity index (χ1v) is 8.03. The molecule has 1 saturated heterocycles. The maximum Gasteiger partial charge on any atom is 0.201 e. The zero-order valence-electron chi connectivity index (χ0n) is 13.1. The van der Waals surface area contributed by atoms with E-state index in [1.165, 1.54) is 0 Å². The summed E-state index contributed by atoms with van der Waals surface area (Å²) in [6, 6.07) is 14.2. The quantitative estimate of drug-likeness (QED) is 0.742. The average molecular weight is 309 g/mol. The summed E-state index contributed by atoms with van der Waals surface area (Å²) < 4.78 is 13.3. The van der Waals surface area contributed by atoms with E-state index in [1.54, 1.807) is 0 Å². The molecule has 23 heavy (non-hydrogen) atoms. The van der Waals surface area contributed by atoms with Gasteiger partial charge in [-0.05, 0) is 31.5 Å². The number of hydrogen-bond acceptors (Lipinski definition) is 4. The minimum Gasteiger partial charge on any atom is -0.347 e. The van der Waals surface area contributed by atoms with E-state index in [9.17, 15) is 0 Å². The molecule has 1 aliphatic rings. The lowest BCUT2D eigenvalue weighted by molar-refractivity contribution is -0.185. The van der Waals surface area contributed by atoms with Crippen LogP contribution in [-0.4, -0.2) is 28.0 Å². The molecule has 2 aromatic heterocycles. The largest absolute Gasteiger partial charge is 0.347 e. The van der Waals surface area contributed by atoms with Crippen molar-refractivity contribution in [3.63, 3.8) is 0 Å². The summed E-state index contributed by atoms with van der Waals surface area (Å²) in [6.45, 7) is 4.35. The second-order valence-corrected chi connectivity index (χ2v) is 5.56. The van der Waals surface area contributed by atoms with Crippen LogP contribution in [0.3, 0.4) is 0 Å². The number of nitrogens with zero attached hydrogens (tertiary/aromatic N) is 3. The van der Waals surface area contributed by atoms with Gasteiger partial charge in [0.05, 0.1) is 30.1 Å². The van der Waals surface area contributed by atoms with Crippen molar-refractivity contribution in [1.82, 2.24) is 14.8 Å². The third-order valence-electron chi connectivity index (χ3n) is 4.04. The van der Waals surface area contributed by atoms with Gasteiger partial charge in [-0.3, -0.25) is 4.68 Å². The molecule has 118 valence electrons. The zero-order chi connectivity index (χ0) is 15.6. The number of pyridine rings is 1. The van der Waals surface area contributed by atoms with Crippen LogP contribution in [0.15, 0.2) is 42.5 Å². The lowest BCUT2D eigenvalue weighted by Crippen LogP contribution is -2.18. The molecule has 0 spiro atoms. The molecule has 1 aliphatic heterocycles. The molecule has 4 rings (SSSR count). The maximum atomic E-state index is 5.66. The third kappa shape index (κ3) is 2.62. The molecule has 0 unspecified atom stereocenters. The number of hydrogen-bond donors (Lipinski definition) is 0. The second kappa shape index (κ2) is 6.10. The smallest absolute Gasteiger partial charge is 0.201 e. The summed E-state index contributed by atoms with van der Waals surface area (Å²) in [5.74, 6) is 0. The van der Waals surface area contributed by atoms with E-state index >= 15 is 0 Å². The summed E-state index contributed by atoms with van der Waals surface area (Å²) in [4.78, 5) is 4.74. The van der Waals surface area contributed by atoms with E-state index < -0.39 is 0 Å². The van der Waals surface area contributed by atoms with Gasteiger partial charge in [0.1, 0.15) is 5.69 Å². The van der Waals surface area contributed by atoms with Crippen molar-refractivity contribution in [3.8, 4) is 11.4 Å². The van der Waals surface area contributed by atoms with Crippen molar-refractivity contribution >= 4 is 10.9 Å². The summed E-state index contributed by atoms with van der Waals surface area (Å²) in [5.41, 5.74) is 3.68. The predicted octanol–water partition coefficient (Wildman–Crippen LogP) is 3.55. The van der Waals surface area contributed by atoms with E-state index in [-0.39, 0.29) is 6.29 Å². The molecule has 0 bridgehead atoms. The highest BCUT2D eigenvalue weighted by molar-refractivity contribution is 5.92. The topological polar surface area (TPSA) is 49.2 Å². The van der Waals surface area contributed by atoms with Crippen molar-refractivity contribution in [3.05, 3.63) is 48.2 Å². The standard InChI is InChI=1S/C18H19N3O2/c1-2-21-16-10-4-3-7-13(16)17(20-21)14-8-5-9-15(19-14)18-22-11-6-12-23-18/h3-5,7-10,18H,2,6,11-12H2,1H3. The lowest BCUT2D eigenvalue weighted by atomic mass is 10.1. The van der Waals surface area contributed by atoms with Gasteiger partial charge in [-0.25, -0.2) is 4.98 Å². The number of para-hydroxylation sites is 1. The van der Waals surface area contributed by atoms with Crippen LogP contribution in [0.4, 0.5) is 0 Å². The van der Waals surface area contributed by atoms with E-state index in [0.29, 0.717) is 13.2 Å². The Bertz CT molecular complexity index is 822. The van der Waals surface area contributed by atoms with E-state index in [0.717, 1.165) is 41.0 Å². The summed E-state index contributed by atoms with van der Waals surface area (Å²) in [7, 11) is 0. The Balaban J connectivity index is 1.79. The van der Waals surface area contributed by atoms with Crippen LogP contribution in [0.5, 0.6) is 0 Å². The van der Waals surface area contributed by atoms with E-state index in [2.05, 4.69) is 19.1 Å². The number of aromatic nitrogens is 3. The van der Waals surface area contributed by atoms with E-state index in [1.807, 2.05) is 35.0 Å². The van der Waals surface area contributed by atoms with E-state index in [4.69, 9.17) is 19.6 Å². The van der Waals surface area contributed by atoms with Crippen LogP contribution in [0.1, 0.15) is 25.3 Å². The van der Waals surface area contributed by atoms with Crippen molar-refractivity contribution in [2.45, 2.75) is 26.2 Å². The first-order valence-electron chi connectivity index (χ1n) is 8.03. The van der Waals surface area contributed by atoms with Crippen molar-refractivity contribution in [2.75, 3.05) is 13.2 Å². The first kappa shape index (κ1) is 14.4. The van der Waals surface area contributed by atoms with Crippen LogP contribution < -0.4 is 0 Å². The third-order valence-corrected chi connectivity index (χ3v) is 4.04. The Morgan fingerprint density at radius 1 is 1.09 bits per heavy atom. The number of ether oxygens (including phenoxy) is 2. The molecule has 1 aromatic carbocycles. The molecule has 0 aliphatic carbocycles. The minimum absolute atomic E-state index is 0.372. The summed E-state index contributed by atoms with van der Waals surface area (Å²) >= 11 is 0. The second-order valence-electron chi connectivity index (χ2n) is 5.56. The van der Waals surface area contributed by atoms with Gasteiger partial charge >= 0.3 is 0 Å². The Hall–Kier alpha value is -2.24. The number of rotatable bonds is 3. The summed E-state index contributed by atoms with van der Waals surface area (Å²) in [6.07, 6.45) is 0.560. The van der Waals surface area contributed by atoms with Crippen LogP contribution in [0, 0.1) is 0 Å². The molecule has 3 heterocycles. The van der Waals surface area contributed by atoms with Crippen molar-refractivity contribution in [2.24, 2.45) is 0 Å². The molecular formula is C18H19N3O2. The molecule has 3 aromatic rings. The van der Waals surface area contributed by atoms with Gasteiger partial charge < -0.3 is 9.47 Å². The zero-order valence-corrected chi connectivity index (χ0v) is 13.1. The fraction of sp³-hybridized carbons (Fsp3) is 0.333. The number of benzene rings is 1. The minimum atomic E-state index is -0.372. The first-order chi connectivity index (χ1) is 11.4. The number of aryl methyl sites for hydroxylation is 1. The van der Waals surface area contributed by atoms with Crippen molar-refractivity contribution in [1.29, 1.82) is 0 Å². The highest BCUT2D eigenvalue weighted by Crippen LogP contribution is 2.29. The number of fused-ring (bicyclic) bond motifs is 1. The molecule has 0 saturated carbocycles. The highest BCUT2D eigenvalue weighted by atomic mass is 16.7.